The standard InChI is InChI=1S/C30H33N3O3/c1-2-36-26-15-9-7-13-22(26)29-28-23(21-12-6-8-14-24(21)31-28)18-25-30(35)32(19-27(34)33(25)29)17-16-20-10-4-3-5-11-20/h6-10,12-15,25,29,31H,2-5,11,16-19H2,1H3/t25-,29-/m0/s1. The van der Waals surface area contributed by atoms with Gasteiger partial charge in [-0.15, -0.1) is 0 Å². The second kappa shape index (κ2) is 9.49. The van der Waals surface area contributed by atoms with Crippen LogP contribution in [0.3, 0.4) is 0 Å². The number of para-hydroxylation sites is 2. The van der Waals surface area contributed by atoms with E-state index >= 15 is 0 Å². The highest BCUT2D eigenvalue weighted by atomic mass is 16.5. The number of benzene rings is 2. The predicted octanol–water partition coefficient (Wildman–Crippen LogP) is 5.14. The molecule has 0 radical (unpaired) electrons. The summed E-state index contributed by atoms with van der Waals surface area (Å²) in [6.07, 6.45) is 8.42. The van der Waals surface area contributed by atoms with Gasteiger partial charge in [0, 0.05) is 35.1 Å². The van der Waals surface area contributed by atoms with Gasteiger partial charge in [0.1, 0.15) is 17.8 Å². The van der Waals surface area contributed by atoms with Crippen molar-refractivity contribution in [3.63, 3.8) is 0 Å². The summed E-state index contributed by atoms with van der Waals surface area (Å²) in [4.78, 5) is 34.9. The third kappa shape index (κ3) is 3.89. The second-order valence-corrected chi connectivity index (χ2v) is 10.1. The number of ether oxygens (including phenoxy) is 1. The first kappa shape index (κ1) is 22.9. The Morgan fingerprint density at radius 2 is 1.89 bits per heavy atom. The molecule has 2 aliphatic heterocycles. The summed E-state index contributed by atoms with van der Waals surface area (Å²) < 4.78 is 5.99. The lowest BCUT2D eigenvalue weighted by Crippen LogP contribution is -2.63. The van der Waals surface area contributed by atoms with E-state index in [1.807, 2.05) is 48.2 Å². The van der Waals surface area contributed by atoms with E-state index in [9.17, 15) is 9.59 Å². The van der Waals surface area contributed by atoms with Crippen molar-refractivity contribution < 1.29 is 14.3 Å². The average Bonchev–Trinajstić information content (AvgIpc) is 3.28. The van der Waals surface area contributed by atoms with Gasteiger partial charge in [-0.1, -0.05) is 48.0 Å². The zero-order valence-electron chi connectivity index (χ0n) is 20.8. The van der Waals surface area contributed by atoms with Crippen LogP contribution in [0, 0.1) is 0 Å². The summed E-state index contributed by atoms with van der Waals surface area (Å²) in [6.45, 7) is 3.24. The molecule has 0 bridgehead atoms. The number of rotatable bonds is 6. The molecule has 1 fully saturated rings. The quantitative estimate of drug-likeness (QED) is 0.494. The number of allylic oxidation sites excluding steroid dienone is 1. The first-order valence-electron chi connectivity index (χ1n) is 13.2. The highest BCUT2D eigenvalue weighted by Gasteiger charge is 2.48. The van der Waals surface area contributed by atoms with E-state index in [2.05, 4.69) is 23.2 Å². The molecule has 3 heterocycles. The Balaban J connectivity index is 1.41. The van der Waals surface area contributed by atoms with E-state index in [4.69, 9.17) is 4.74 Å². The van der Waals surface area contributed by atoms with Gasteiger partial charge in [0.2, 0.25) is 11.8 Å². The van der Waals surface area contributed by atoms with Crippen molar-refractivity contribution >= 4 is 22.7 Å². The molecule has 3 aromatic rings. The molecule has 0 unspecified atom stereocenters. The Bertz CT molecular complexity index is 1340. The molecule has 186 valence electrons. The lowest BCUT2D eigenvalue weighted by Gasteiger charge is -2.47. The van der Waals surface area contributed by atoms with Crippen molar-refractivity contribution in [3.8, 4) is 5.75 Å². The summed E-state index contributed by atoms with van der Waals surface area (Å²) in [7, 11) is 0. The highest BCUT2D eigenvalue weighted by molar-refractivity contribution is 5.97. The van der Waals surface area contributed by atoms with Crippen molar-refractivity contribution in [2.45, 2.75) is 57.5 Å². The van der Waals surface area contributed by atoms with E-state index in [1.54, 1.807) is 4.90 Å². The molecule has 6 nitrogen and oxygen atoms in total. The molecule has 6 rings (SSSR count). The predicted molar refractivity (Wildman–Crippen MR) is 140 cm³/mol. The number of carbonyl (C=O) groups excluding carboxylic acids is 2. The van der Waals surface area contributed by atoms with Gasteiger partial charge in [-0.05, 0) is 56.7 Å². The van der Waals surface area contributed by atoms with Gasteiger partial charge in [-0.3, -0.25) is 9.59 Å². The molecule has 2 aromatic carbocycles. The Morgan fingerprint density at radius 3 is 2.72 bits per heavy atom. The van der Waals surface area contributed by atoms with Crippen molar-refractivity contribution in [1.82, 2.24) is 14.8 Å². The fraction of sp³-hybridized carbons (Fsp3) is 0.400. The van der Waals surface area contributed by atoms with Gasteiger partial charge in [0.15, 0.2) is 0 Å². The molecule has 2 amide bonds. The maximum atomic E-state index is 13.9. The maximum Gasteiger partial charge on any atom is 0.246 e. The summed E-state index contributed by atoms with van der Waals surface area (Å²) >= 11 is 0. The SMILES string of the molecule is CCOc1ccccc1[C@H]1c2[nH]c3ccccc3c2C[C@H]2C(=O)N(CCC3=CCCCC3)CC(=O)N12. The van der Waals surface area contributed by atoms with Gasteiger partial charge in [-0.25, -0.2) is 0 Å². The van der Waals surface area contributed by atoms with Crippen LogP contribution in [-0.2, 0) is 16.0 Å². The molecule has 2 atom stereocenters. The van der Waals surface area contributed by atoms with E-state index in [-0.39, 0.29) is 18.4 Å². The topological polar surface area (TPSA) is 65.6 Å². The van der Waals surface area contributed by atoms with Gasteiger partial charge >= 0.3 is 0 Å². The molecule has 0 spiro atoms. The van der Waals surface area contributed by atoms with Crippen LogP contribution in [0.15, 0.2) is 60.2 Å². The minimum atomic E-state index is -0.516. The molecule has 1 aliphatic carbocycles. The summed E-state index contributed by atoms with van der Waals surface area (Å²) in [5.74, 6) is 0.806. The normalized spacial score (nSPS) is 21.9. The summed E-state index contributed by atoms with van der Waals surface area (Å²) in [5.41, 5.74) is 5.48. The van der Waals surface area contributed by atoms with Gasteiger partial charge in [0.05, 0.1) is 13.2 Å². The highest BCUT2D eigenvalue weighted by Crippen LogP contribution is 2.45. The number of piperazine rings is 1. The Kier molecular flexibility index (Phi) is 6.04. The van der Waals surface area contributed by atoms with E-state index in [0.717, 1.165) is 52.7 Å². The minimum absolute atomic E-state index is 0.00201. The number of amides is 2. The van der Waals surface area contributed by atoms with Crippen LogP contribution >= 0.6 is 0 Å². The number of nitrogens with zero attached hydrogens (tertiary/aromatic N) is 2. The maximum absolute atomic E-state index is 13.9. The van der Waals surface area contributed by atoms with Crippen LogP contribution in [-0.4, -0.2) is 52.3 Å². The third-order valence-electron chi connectivity index (χ3n) is 7.94. The lowest BCUT2D eigenvalue weighted by atomic mass is 9.85. The number of carbonyl (C=O) groups is 2. The first-order valence-corrected chi connectivity index (χ1v) is 13.2. The summed E-state index contributed by atoms with van der Waals surface area (Å²) in [6, 6.07) is 15.2. The van der Waals surface area contributed by atoms with E-state index in [1.165, 1.54) is 18.4 Å². The van der Waals surface area contributed by atoms with Crippen LogP contribution in [0.25, 0.3) is 10.9 Å². The zero-order chi connectivity index (χ0) is 24.6. The molecule has 36 heavy (non-hydrogen) atoms. The molecule has 1 saturated heterocycles. The van der Waals surface area contributed by atoms with Crippen molar-refractivity contribution in [3.05, 3.63) is 77.0 Å². The number of hydrogen-bond donors (Lipinski definition) is 1. The lowest BCUT2D eigenvalue weighted by molar-refractivity contribution is -0.158. The molecular formula is C30H33N3O3. The number of aromatic nitrogens is 1. The van der Waals surface area contributed by atoms with Gasteiger partial charge < -0.3 is 19.5 Å². The third-order valence-corrected chi connectivity index (χ3v) is 7.94. The van der Waals surface area contributed by atoms with Gasteiger partial charge in [0.25, 0.3) is 0 Å². The molecule has 6 heteroatoms. The number of fused-ring (bicyclic) bond motifs is 4. The molecule has 0 saturated carbocycles. The van der Waals surface area contributed by atoms with E-state index in [0.29, 0.717) is 19.6 Å². The van der Waals surface area contributed by atoms with Crippen LogP contribution in [0.4, 0.5) is 0 Å². The number of hydrogen-bond acceptors (Lipinski definition) is 3. The van der Waals surface area contributed by atoms with E-state index < -0.39 is 12.1 Å². The fourth-order valence-electron chi connectivity index (χ4n) is 6.24. The molecule has 1 aromatic heterocycles. The average molecular weight is 484 g/mol. The van der Waals surface area contributed by atoms with Crippen LogP contribution in [0.1, 0.15) is 61.9 Å². The molecular weight excluding hydrogens is 450 g/mol. The van der Waals surface area contributed by atoms with Crippen LogP contribution in [0.5, 0.6) is 5.75 Å². The Morgan fingerprint density at radius 1 is 1.06 bits per heavy atom. The van der Waals surface area contributed by atoms with Crippen LogP contribution in [0.2, 0.25) is 0 Å². The smallest absolute Gasteiger partial charge is 0.246 e. The monoisotopic (exact) mass is 483 g/mol. The van der Waals surface area contributed by atoms with Gasteiger partial charge in [-0.2, -0.15) is 0 Å². The number of aromatic amines is 1. The summed E-state index contributed by atoms with van der Waals surface area (Å²) in [5, 5.41) is 1.12. The minimum Gasteiger partial charge on any atom is -0.494 e. The van der Waals surface area contributed by atoms with Crippen molar-refractivity contribution in [1.29, 1.82) is 0 Å². The van der Waals surface area contributed by atoms with Crippen molar-refractivity contribution in [2.75, 3.05) is 19.7 Å². The Labute approximate surface area is 211 Å². The fourth-order valence-corrected chi connectivity index (χ4v) is 6.24. The molecule has 1 N–H and O–H groups in total. The van der Waals surface area contributed by atoms with Crippen LogP contribution < -0.4 is 4.74 Å². The Hall–Kier alpha value is -3.54. The van der Waals surface area contributed by atoms with Crippen molar-refractivity contribution in [2.24, 2.45) is 0 Å². The first-order chi connectivity index (χ1) is 17.7. The molecule has 3 aliphatic rings. The second-order valence-electron chi connectivity index (χ2n) is 10.1. The number of H-pyrrole nitrogens is 1. The zero-order valence-corrected chi connectivity index (χ0v) is 20.8. The largest absolute Gasteiger partial charge is 0.494 e. The number of nitrogens with one attached hydrogen (secondary N) is 1.